The van der Waals surface area contributed by atoms with E-state index in [1.165, 1.54) is 19.2 Å². The molecule has 1 aromatic rings. The zero-order chi connectivity index (χ0) is 13.9. The Morgan fingerprint density at radius 3 is 2.56 bits per heavy atom. The van der Waals surface area contributed by atoms with Crippen molar-refractivity contribution in [3.05, 3.63) is 17.9 Å². The van der Waals surface area contributed by atoms with E-state index in [1.807, 2.05) is 13.8 Å². The van der Waals surface area contributed by atoms with Crippen LogP contribution in [0.3, 0.4) is 0 Å². The quantitative estimate of drug-likeness (QED) is 0.772. The van der Waals surface area contributed by atoms with Crippen LogP contribution in [-0.2, 0) is 4.79 Å². The van der Waals surface area contributed by atoms with E-state index in [0.717, 1.165) is 0 Å². The van der Waals surface area contributed by atoms with Crippen LogP contribution < -0.4 is 21.1 Å². The lowest BCUT2D eigenvalue weighted by Gasteiger charge is -2.29. The van der Waals surface area contributed by atoms with Crippen LogP contribution in [0.2, 0.25) is 0 Å². The molecule has 0 atom stereocenters. The highest BCUT2D eigenvalue weighted by Crippen LogP contribution is 2.31. The first-order valence-corrected chi connectivity index (χ1v) is 5.54. The van der Waals surface area contributed by atoms with Crippen LogP contribution in [0, 0.1) is 5.82 Å². The summed E-state index contributed by atoms with van der Waals surface area (Å²) in [5.74, 6) is -0.942. The minimum absolute atomic E-state index is 0.00466. The molecule has 0 saturated carbocycles. The minimum atomic E-state index is -0.540. The summed E-state index contributed by atoms with van der Waals surface area (Å²) in [5, 5.41) is 0. The van der Waals surface area contributed by atoms with Crippen LogP contribution in [-0.4, -0.2) is 25.6 Å². The van der Waals surface area contributed by atoms with Crippen LogP contribution >= 0.6 is 0 Å². The van der Waals surface area contributed by atoms with Gasteiger partial charge < -0.3 is 21.1 Å². The maximum absolute atomic E-state index is 13.4. The predicted molar refractivity (Wildman–Crippen MR) is 69.0 cm³/mol. The van der Waals surface area contributed by atoms with Crippen molar-refractivity contribution in [2.45, 2.75) is 19.9 Å². The second kappa shape index (κ2) is 5.57. The van der Waals surface area contributed by atoms with Crippen molar-refractivity contribution < 1.29 is 13.9 Å². The fourth-order valence-corrected chi connectivity index (χ4v) is 1.68. The molecule has 4 N–H and O–H groups in total. The van der Waals surface area contributed by atoms with Gasteiger partial charge >= 0.3 is 0 Å². The van der Waals surface area contributed by atoms with Crippen LogP contribution in [0.5, 0.6) is 5.75 Å². The molecule has 0 radical (unpaired) electrons. The van der Waals surface area contributed by atoms with Gasteiger partial charge in [0, 0.05) is 18.2 Å². The molecule has 1 amide bonds. The van der Waals surface area contributed by atoms with Crippen molar-refractivity contribution >= 4 is 17.3 Å². The van der Waals surface area contributed by atoms with Gasteiger partial charge in [0.1, 0.15) is 0 Å². The predicted octanol–water partition coefficient (Wildman–Crippen LogP) is 1.12. The van der Waals surface area contributed by atoms with E-state index in [-0.39, 0.29) is 24.0 Å². The molecule has 100 valence electrons. The zero-order valence-electron chi connectivity index (χ0n) is 10.7. The molecule has 0 aliphatic heterocycles. The monoisotopic (exact) mass is 255 g/mol. The van der Waals surface area contributed by atoms with Crippen LogP contribution in [0.4, 0.5) is 15.8 Å². The Kier molecular flexibility index (Phi) is 4.36. The molecule has 18 heavy (non-hydrogen) atoms. The number of nitrogens with two attached hydrogens (primary N) is 2. The van der Waals surface area contributed by atoms with Gasteiger partial charge in [0.15, 0.2) is 11.6 Å². The second-order valence-electron chi connectivity index (χ2n) is 4.23. The van der Waals surface area contributed by atoms with E-state index in [4.69, 9.17) is 16.2 Å². The summed E-state index contributed by atoms with van der Waals surface area (Å²) in [6, 6.07) is 2.63. The lowest BCUT2D eigenvalue weighted by atomic mass is 10.2. The number of anilines is 2. The van der Waals surface area contributed by atoms with E-state index in [0.29, 0.717) is 5.69 Å². The molecular formula is C12H18FN3O2. The van der Waals surface area contributed by atoms with E-state index in [9.17, 15) is 9.18 Å². The maximum Gasteiger partial charge on any atom is 0.236 e. The molecule has 1 aromatic carbocycles. The first-order valence-electron chi connectivity index (χ1n) is 5.54. The van der Waals surface area contributed by atoms with E-state index < -0.39 is 11.7 Å². The topological polar surface area (TPSA) is 81.6 Å². The molecule has 5 nitrogen and oxygen atoms in total. The number of nitrogen functional groups attached to an aromatic ring is 1. The summed E-state index contributed by atoms with van der Waals surface area (Å²) in [6.07, 6.45) is 0. The Bertz CT molecular complexity index is 449. The summed E-state index contributed by atoms with van der Waals surface area (Å²) in [7, 11) is 1.37. The lowest BCUT2D eigenvalue weighted by molar-refractivity contribution is -0.116. The zero-order valence-corrected chi connectivity index (χ0v) is 10.7. The number of hydrogen-bond acceptors (Lipinski definition) is 4. The Balaban J connectivity index is 3.22. The van der Waals surface area contributed by atoms with Crippen molar-refractivity contribution in [2.24, 2.45) is 5.73 Å². The molecule has 0 fully saturated rings. The average molecular weight is 255 g/mol. The smallest absolute Gasteiger partial charge is 0.236 e. The summed E-state index contributed by atoms with van der Waals surface area (Å²) in [6.45, 7) is 3.78. The third kappa shape index (κ3) is 3.03. The van der Waals surface area contributed by atoms with Crippen molar-refractivity contribution in [2.75, 3.05) is 24.3 Å². The number of primary amides is 1. The molecule has 0 aromatic heterocycles. The number of benzene rings is 1. The molecule has 0 aliphatic rings. The minimum Gasteiger partial charge on any atom is -0.494 e. The van der Waals surface area contributed by atoms with Gasteiger partial charge in [-0.15, -0.1) is 0 Å². The molecule has 0 saturated heterocycles. The Labute approximate surface area is 106 Å². The van der Waals surface area contributed by atoms with Gasteiger partial charge in [-0.2, -0.15) is 0 Å². The molecule has 0 bridgehead atoms. The molecule has 0 aliphatic carbocycles. The number of carbonyl (C=O) groups is 1. The number of rotatable bonds is 5. The first kappa shape index (κ1) is 14.1. The maximum atomic E-state index is 13.4. The van der Waals surface area contributed by atoms with Gasteiger partial charge in [-0.25, -0.2) is 4.39 Å². The highest BCUT2D eigenvalue weighted by Gasteiger charge is 2.18. The largest absolute Gasteiger partial charge is 0.494 e. The Morgan fingerprint density at radius 1 is 1.50 bits per heavy atom. The van der Waals surface area contributed by atoms with Crippen molar-refractivity contribution in [1.29, 1.82) is 0 Å². The third-order valence-corrected chi connectivity index (χ3v) is 2.56. The lowest BCUT2D eigenvalue weighted by Crippen LogP contribution is -2.39. The van der Waals surface area contributed by atoms with Crippen LogP contribution in [0.15, 0.2) is 12.1 Å². The number of halogens is 1. The summed E-state index contributed by atoms with van der Waals surface area (Å²) < 4.78 is 18.3. The summed E-state index contributed by atoms with van der Waals surface area (Å²) >= 11 is 0. The fraction of sp³-hybridized carbons (Fsp3) is 0.417. The highest BCUT2D eigenvalue weighted by atomic mass is 19.1. The van der Waals surface area contributed by atoms with Crippen molar-refractivity contribution in [3.8, 4) is 5.75 Å². The number of methoxy groups -OCH3 is 1. The van der Waals surface area contributed by atoms with Gasteiger partial charge in [-0.3, -0.25) is 4.79 Å². The molecular weight excluding hydrogens is 237 g/mol. The van der Waals surface area contributed by atoms with Crippen molar-refractivity contribution in [1.82, 2.24) is 0 Å². The van der Waals surface area contributed by atoms with E-state index in [2.05, 4.69) is 0 Å². The van der Waals surface area contributed by atoms with Gasteiger partial charge in [0.2, 0.25) is 5.91 Å². The van der Waals surface area contributed by atoms with Gasteiger partial charge in [0.05, 0.1) is 25.0 Å². The number of hydrogen-bond donors (Lipinski definition) is 2. The molecule has 6 heteroatoms. The van der Waals surface area contributed by atoms with Crippen LogP contribution in [0.25, 0.3) is 0 Å². The van der Waals surface area contributed by atoms with Gasteiger partial charge in [0.25, 0.3) is 0 Å². The second-order valence-corrected chi connectivity index (χ2v) is 4.23. The normalized spacial score (nSPS) is 10.5. The van der Waals surface area contributed by atoms with Gasteiger partial charge in [-0.1, -0.05) is 0 Å². The highest BCUT2D eigenvalue weighted by molar-refractivity contribution is 5.82. The number of carbonyl (C=O) groups excluding carboxylic acids is 1. The number of ether oxygens (including phenoxy) is 1. The summed E-state index contributed by atoms with van der Waals surface area (Å²) in [4.78, 5) is 12.7. The molecule has 0 spiro atoms. The van der Waals surface area contributed by atoms with E-state index in [1.54, 1.807) is 4.90 Å². The molecule has 0 heterocycles. The molecule has 1 rings (SSSR count). The standard InChI is InChI=1S/C12H18FN3O2/c1-7(2)16(6-12(15)17)10-5-11(18-3)8(13)4-9(10)14/h4-5,7H,6,14H2,1-3H3,(H2,15,17). The third-order valence-electron chi connectivity index (χ3n) is 2.56. The van der Waals surface area contributed by atoms with Crippen molar-refractivity contribution in [3.63, 3.8) is 0 Å². The summed E-state index contributed by atoms with van der Waals surface area (Å²) in [5.41, 5.74) is 11.7. The SMILES string of the molecule is COc1cc(N(CC(N)=O)C(C)C)c(N)cc1F. The Morgan fingerprint density at radius 2 is 2.11 bits per heavy atom. The number of amides is 1. The first-order chi connectivity index (χ1) is 8.36. The molecule has 0 unspecified atom stereocenters. The Hall–Kier alpha value is -1.98. The average Bonchev–Trinajstić information content (AvgIpc) is 2.26. The van der Waals surface area contributed by atoms with Crippen LogP contribution in [0.1, 0.15) is 13.8 Å². The number of nitrogens with zero attached hydrogens (tertiary/aromatic N) is 1. The fourth-order valence-electron chi connectivity index (χ4n) is 1.68. The van der Waals surface area contributed by atoms with Gasteiger partial charge in [-0.05, 0) is 13.8 Å². The van der Waals surface area contributed by atoms with E-state index >= 15 is 0 Å².